The zero-order chi connectivity index (χ0) is 21.7. The molecule has 0 aliphatic rings. The first-order valence-electron chi connectivity index (χ1n) is 9.54. The van der Waals surface area contributed by atoms with Crippen molar-refractivity contribution in [1.82, 2.24) is 0 Å². The number of carbonyl (C=O) groups is 2. The van der Waals surface area contributed by atoms with Crippen LogP contribution in [0.3, 0.4) is 0 Å². The highest BCUT2D eigenvalue weighted by Gasteiger charge is 2.16. The van der Waals surface area contributed by atoms with E-state index < -0.39 is 0 Å². The molecule has 2 N–H and O–H groups in total. The molecule has 2 amide bonds. The maximum Gasteiger partial charge on any atom is 0.255 e. The van der Waals surface area contributed by atoms with Crippen LogP contribution in [0, 0.1) is 13.8 Å². The molecule has 0 bridgehead atoms. The van der Waals surface area contributed by atoms with Gasteiger partial charge in [0.15, 0.2) is 0 Å². The third kappa shape index (κ3) is 5.65. The van der Waals surface area contributed by atoms with Crippen LogP contribution in [0.5, 0.6) is 0 Å². The Kier molecular flexibility index (Phi) is 7.19. The number of anilines is 2. The van der Waals surface area contributed by atoms with Gasteiger partial charge in [0.2, 0.25) is 5.91 Å². The van der Waals surface area contributed by atoms with Gasteiger partial charge in [-0.2, -0.15) is 0 Å². The van der Waals surface area contributed by atoms with Gasteiger partial charge in [-0.25, -0.2) is 0 Å². The quantitative estimate of drug-likeness (QED) is 0.442. The third-order valence-corrected chi connectivity index (χ3v) is 6.12. The molecule has 4 nitrogen and oxygen atoms in total. The molecule has 0 radical (unpaired) electrons. The van der Waals surface area contributed by atoms with E-state index in [0.717, 1.165) is 16.0 Å². The fourth-order valence-corrected chi connectivity index (χ4v) is 3.88. The van der Waals surface area contributed by atoms with Crippen LogP contribution in [0.4, 0.5) is 11.4 Å². The lowest BCUT2D eigenvalue weighted by molar-refractivity contribution is -0.115. The van der Waals surface area contributed by atoms with E-state index in [0.29, 0.717) is 22.0 Å². The zero-order valence-corrected chi connectivity index (χ0v) is 18.6. The van der Waals surface area contributed by atoms with Crippen LogP contribution in [0.1, 0.15) is 28.4 Å². The SMILES string of the molecule is Cc1cccc(C(=O)Nc2ccc(SC(C)C(=O)Nc3cccc(Cl)c3C)cc2)c1. The van der Waals surface area contributed by atoms with Gasteiger partial charge >= 0.3 is 0 Å². The molecule has 0 saturated heterocycles. The van der Waals surface area contributed by atoms with Crippen molar-refractivity contribution in [2.75, 3.05) is 10.6 Å². The molecule has 0 aromatic heterocycles. The van der Waals surface area contributed by atoms with Gasteiger partial charge in [-0.3, -0.25) is 9.59 Å². The standard InChI is InChI=1S/C24H23ClN2O2S/c1-15-6-4-7-18(14-15)24(29)26-19-10-12-20(13-11-19)30-17(3)23(28)27-22-9-5-8-21(25)16(22)2/h4-14,17H,1-3H3,(H,26,29)(H,27,28). The maximum atomic E-state index is 12.5. The lowest BCUT2D eigenvalue weighted by Crippen LogP contribution is -2.22. The molecule has 0 fully saturated rings. The molecule has 0 aliphatic heterocycles. The van der Waals surface area contributed by atoms with Crippen LogP contribution in [0.2, 0.25) is 5.02 Å². The first kappa shape index (κ1) is 21.9. The van der Waals surface area contributed by atoms with E-state index in [-0.39, 0.29) is 17.1 Å². The summed E-state index contributed by atoms with van der Waals surface area (Å²) in [6, 6.07) is 20.4. The predicted molar refractivity (Wildman–Crippen MR) is 126 cm³/mol. The Morgan fingerprint density at radius 3 is 2.33 bits per heavy atom. The average Bonchev–Trinajstić information content (AvgIpc) is 2.72. The Bertz CT molecular complexity index is 1070. The monoisotopic (exact) mass is 438 g/mol. The smallest absolute Gasteiger partial charge is 0.255 e. The first-order valence-corrected chi connectivity index (χ1v) is 10.8. The highest BCUT2D eigenvalue weighted by Crippen LogP contribution is 2.27. The van der Waals surface area contributed by atoms with Gasteiger partial charge in [-0.05, 0) is 74.9 Å². The Hall–Kier alpha value is -2.76. The summed E-state index contributed by atoms with van der Waals surface area (Å²) in [4.78, 5) is 25.8. The van der Waals surface area contributed by atoms with E-state index in [1.165, 1.54) is 11.8 Å². The molecule has 3 aromatic carbocycles. The number of thioether (sulfide) groups is 1. The highest BCUT2D eigenvalue weighted by atomic mass is 35.5. The van der Waals surface area contributed by atoms with Crippen molar-refractivity contribution in [1.29, 1.82) is 0 Å². The second kappa shape index (κ2) is 9.83. The number of hydrogen-bond donors (Lipinski definition) is 2. The number of amides is 2. The van der Waals surface area contributed by atoms with E-state index in [9.17, 15) is 9.59 Å². The molecular weight excluding hydrogens is 416 g/mol. The summed E-state index contributed by atoms with van der Waals surface area (Å²) >= 11 is 7.57. The van der Waals surface area contributed by atoms with E-state index in [1.54, 1.807) is 12.1 Å². The Morgan fingerprint density at radius 2 is 1.63 bits per heavy atom. The van der Waals surface area contributed by atoms with Crippen molar-refractivity contribution in [3.8, 4) is 0 Å². The van der Waals surface area contributed by atoms with Crippen molar-refractivity contribution >= 4 is 46.6 Å². The summed E-state index contributed by atoms with van der Waals surface area (Å²) in [5, 5.41) is 6.15. The number of aryl methyl sites for hydroxylation is 1. The Morgan fingerprint density at radius 1 is 0.933 bits per heavy atom. The highest BCUT2D eigenvalue weighted by molar-refractivity contribution is 8.00. The fourth-order valence-electron chi connectivity index (χ4n) is 2.84. The van der Waals surface area contributed by atoms with E-state index in [4.69, 9.17) is 11.6 Å². The van der Waals surface area contributed by atoms with Gasteiger partial charge in [0.1, 0.15) is 0 Å². The molecule has 0 spiro atoms. The van der Waals surface area contributed by atoms with Crippen LogP contribution in [0.25, 0.3) is 0 Å². The average molecular weight is 439 g/mol. The van der Waals surface area contributed by atoms with Crippen molar-refractivity contribution < 1.29 is 9.59 Å². The summed E-state index contributed by atoms with van der Waals surface area (Å²) < 4.78 is 0. The topological polar surface area (TPSA) is 58.2 Å². The molecule has 0 heterocycles. The fraction of sp³-hybridized carbons (Fsp3) is 0.167. The molecule has 154 valence electrons. The molecule has 1 unspecified atom stereocenters. The summed E-state index contributed by atoms with van der Waals surface area (Å²) in [7, 11) is 0. The van der Waals surface area contributed by atoms with Crippen LogP contribution >= 0.6 is 23.4 Å². The van der Waals surface area contributed by atoms with Crippen molar-refractivity contribution in [2.24, 2.45) is 0 Å². The molecule has 0 saturated carbocycles. The van der Waals surface area contributed by atoms with Gasteiger partial charge in [0.05, 0.1) is 5.25 Å². The minimum Gasteiger partial charge on any atom is -0.325 e. The minimum atomic E-state index is -0.295. The summed E-state index contributed by atoms with van der Waals surface area (Å²) in [5.74, 6) is -0.245. The summed E-state index contributed by atoms with van der Waals surface area (Å²) in [6.45, 7) is 5.68. The predicted octanol–water partition coefficient (Wildman–Crippen LogP) is 6.33. The van der Waals surface area contributed by atoms with E-state index in [1.807, 2.05) is 75.4 Å². The number of halogens is 1. The van der Waals surface area contributed by atoms with Crippen LogP contribution in [-0.4, -0.2) is 17.1 Å². The van der Waals surface area contributed by atoms with E-state index in [2.05, 4.69) is 10.6 Å². The molecule has 3 aromatic rings. The van der Waals surface area contributed by atoms with Crippen molar-refractivity contribution in [2.45, 2.75) is 30.9 Å². The lowest BCUT2D eigenvalue weighted by atomic mass is 10.1. The number of nitrogens with one attached hydrogen (secondary N) is 2. The largest absolute Gasteiger partial charge is 0.325 e. The van der Waals surface area contributed by atoms with Gasteiger partial charge in [0.25, 0.3) is 5.91 Å². The third-order valence-electron chi connectivity index (χ3n) is 4.60. The summed E-state index contributed by atoms with van der Waals surface area (Å²) in [6.07, 6.45) is 0. The van der Waals surface area contributed by atoms with Gasteiger partial charge in [-0.15, -0.1) is 11.8 Å². The van der Waals surface area contributed by atoms with Crippen LogP contribution in [0.15, 0.2) is 71.6 Å². The minimum absolute atomic E-state index is 0.0952. The second-order valence-corrected chi connectivity index (χ2v) is 8.83. The number of carbonyl (C=O) groups excluding carboxylic acids is 2. The molecular formula is C24H23ClN2O2S. The van der Waals surface area contributed by atoms with Crippen molar-refractivity contribution in [3.05, 3.63) is 88.4 Å². The Balaban J connectivity index is 1.58. The lowest BCUT2D eigenvalue weighted by Gasteiger charge is -2.14. The van der Waals surface area contributed by atoms with Crippen molar-refractivity contribution in [3.63, 3.8) is 0 Å². The molecule has 0 aliphatic carbocycles. The number of rotatable bonds is 6. The van der Waals surface area contributed by atoms with E-state index >= 15 is 0 Å². The molecule has 1 atom stereocenters. The van der Waals surface area contributed by atoms with Crippen LogP contribution in [-0.2, 0) is 4.79 Å². The molecule has 3 rings (SSSR count). The maximum absolute atomic E-state index is 12.5. The summed E-state index contributed by atoms with van der Waals surface area (Å²) in [5.41, 5.74) is 3.93. The number of benzene rings is 3. The van der Waals surface area contributed by atoms with Gasteiger partial charge in [-0.1, -0.05) is 35.4 Å². The van der Waals surface area contributed by atoms with Crippen LogP contribution < -0.4 is 10.6 Å². The molecule has 30 heavy (non-hydrogen) atoms. The number of hydrogen-bond acceptors (Lipinski definition) is 3. The molecule has 6 heteroatoms. The first-order chi connectivity index (χ1) is 14.3. The van der Waals surface area contributed by atoms with Gasteiger partial charge < -0.3 is 10.6 Å². The second-order valence-electron chi connectivity index (χ2n) is 7.01. The zero-order valence-electron chi connectivity index (χ0n) is 17.0. The Labute approximate surface area is 186 Å². The van der Waals surface area contributed by atoms with Gasteiger partial charge in [0, 0.05) is 26.9 Å². The normalized spacial score (nSPS) is 11.6.